The molecule has 37 heavy (non-hydrogen) atoms. The summed E-state index contributed by atoms with van der Waals surface area (Å²) < 4.78 is 15.5. The summed E-state index contributed by atoms with van der Waals surface area (Å²) in [5.41, 5.74) is 8.82. The second-order valence-electron chi connectivity index (χ2n) is 8.53. The summed E-state index contributed by atoms with van der Waals surface area (Å²) in [6, 6.07) is 8.48. The van der Waals surface area contributed by atoms with Crippen molar-refractivity contribution in [3.8, 4) is 11.3 Å². The van der Waals surface area contributed by atoms with Gasteiger partial charge in [0.05, 0.1) is 29.7 Å². The SMILES string of the molecule is Nc1ncnc2c1c(-c1ccc(CNC(=O)c3ccncc3F)cc1)nn2[C@@H]1CCCN(OC(=O)O)C1. The number of piperidine rings is 1. The van der Waals surface area contributed by atoms with Gasteiger partial charge in [0, 0.05) is 24.8 Å². The highest BCUT2D eigenvalue weighted by molar-refractivity contribution is 5.98. The lowest BCUT2D eigenvalue weighted by Gasteiger charge is -2.30. The Bertz CT molecular complexity index is 1460. The summed E-state index contributed by atoms with van der Waals surface area (Å²) in [5.74, 6) is -0.948. The van der Waals surface area contributed by atoms with E-state index in [4.69, 9.17) is 20.8 Å². The fourth-order valence-electron chi connectivity index (χ4n) is 4.38. The second kappa shape index (κ2) is 10.1. The molecular formula is C24H23FN8O4. The van der Waals surface area contributed by atoms with Gasteiger partial charge < -0.3 is 21.0 Å². The van der Waals surface area contributed by atoms with Crippen LogP contribution in [0.5, 0.6) is 0 Å². The molecule has 190 valence electrons. The van der Waals surface area contributed by atoms with Gasteiger partial charge in [-0.3, -0.25) is 9.78 Å². The van der Waals surface area contributed by atoms with E-state index in [2.05, 4.69) is 20.3 Å². The number of carbonyl (C=O) groups is 2. The monoisotopic (exact) mass is 506 g/mol. The Morgan fingerprint density at radius 3 is 2.78 bits per heavy atom. The van der Waals surface area contributed by atoms with Gasteiger partial charge in [-0.2, -0.15) is 5.10 Å². The molecule has 5 rings (SSSR count). The summed E-state index contributed by atoms with van der Waals surface area (Å²) in [7, 11) is 0. The van der Waals surface area contributed by atoms with Crippen LogP contribution in [0.1, 0.15) is 34.8 Å². The van der Waals surface area contributed by atoms with Crippen LogP contribution in [-0.2, 0) is 11.4 Å². The van der Waals surface area contributed by atoms with Gasteiger partial charge in [0.2, 0.25) is 0 Å². The Kier molecular flexibility index (Phi) is 6.60. The molecule has 4 aromatic rings. The zero-order chi connectivity index (χ0) is 25.9. The Morgan fingerprint density at radius 1 is 1.22 bits per heavy atom. The lowest BCUT2D eigenvalue weighted by Crippen LogP contribution is -2.38. The van der Waals surface area contributed by atoms with Crippen LogP contribution in [-0.4, -0.2) is 60.1 Å². The molecule has 4 N–H and O–H groups in total. The number of nitrogen functional groups attached to an aromatic ring is 1. The Labute approximate surface area is 209 Å². The molecule has 1 aliphatic heterocycles. The number of anilines is 1. The first-order valence-electron chi connectivity index (χ1n) is 11.5. The van der Waals surface area contributed by atoms with Crippen LogP contribution in [0, 0.1) is 5.82 Å². The number of carboxylic acid groups (broad SMARTS) is 1. The minimum atomic E-state index is -1.36. The highest BCUT2D eigenvalue weighted by Gasteiger charge is 2.28. The topological polar surface area (TPSA) is 161 Å². The number of amides is 1. The molecule has 1 aromatic carbocycles. The molecule has 1 amide bonds. The van der Waals surface area contributed by atoms with Crippen molar-refractivity contribution in [3.05, 3.63) is 66.0 Å². The first-order chi connectivity index (χ1) is 17.9. The van der Waals surface area contributed by atoms with Crippen molar-refractivity contribution in [1.29, 1.82) is 0 Å². The molecular weight excluding hydrogens is 483 g/mol. The van der Waals surface area contributed by atoms with E-state index in [-0.39, 0.29) is 24.0 Å². The number of pyridine rings is 1. The van der Waals surface area contributed by atoms with Crippen molar-refractivity contribution in [1.82, 2.24) is 35.1 Å². The molecule has 4 heterocycles. The van der Waals surface area contributed by atoms with Crippen molar-refractivity contribution < 1.29 is 23.9 Å². The first kappa shape index (κ1) is 24.1. The van der Waals surface area contributed by atoms with E-state index in [0.717, 1.165) is 30.2 Å². The predicted molar refractivity (Wildman–Crippen MR) is 129 cm³/mol. The average Bonchev–Trinajstić information content (AvgIpc) is 3.29. The third kappa shape index (κ3) is 5.02. The number of nitrogens with two attached hydrogens (primary N) is 1. The molecule has 12 nitrogen and oxygen atoms in total. The van der Waals surface area contributed by atoms with E-state index in [1.807, 2.05) is 24.3 Å². The smallest absolute Gasteiger partial charge is 0.448 e. The lowest BCUT2D eigenvalue weighted by atomic mass is 10.1. The molecule has 0 saturated carbocycles. The van der Waals surface area contributed by atoms with Gasteiger partial charge >= 0.3 is 6.16 Å². The predicted octanol–water partition coefficient (Wildman–Crippen LogP) is 2.79. The van der Waals surface area contributed by atoms with Crippen molar-refractivity contribution in [2.24, 2.45) is 0 Å². The Hall–Kier alpha value is -4.65. The van der Waals surface area contributed by atoms with Gasteiger partial charge in [0.25, 0.3) is 5.91 Å². The van der Waals surface area contributed by atoms with Crippen molar-refractivity contribution in [2.45, 2.75) is 25.4 Å². The van der Waals surface area contributed by atoms with Crippen molar-refractivity contribution in [2.75, 3.05) is 18.8 Å². The number of nitrogens with one attached hydrogen (secondary N) is 1. The Balaban J connectivity index is 1.38. The molecule has 1 aliphatic rings. The third-order valence-corrected chi connectivity index (χ3v) is 6.13. The maximum Gasteiger partial charge on any atom is 0.525 e. The molecule has 0 spiro atoms. The van der Waals surface area contributed by atoms with Crippen LogP contribution in [0.15, 0.2) is 49.1 Å². The van der Waals surface area contributed by atoms with E-state index < -0.39 is 17.9 Å². The van der Waals surface area contributed by atoms with Gasteiger partial charge in [-0.25, -0.2) is 23.8 Å². The summed E-state index contributed by atoms with van der Waals surface area (Å²) >= 11 is 0. The second-order valence-corrected chi connectivity index (χ2v) is 8.53. The number of hydrogen-bond donors (Lipinski definition) is 3. The standard InChI is InChI=1S/C24H23FN8O4/c25-18-11-27-8-7-17(18)23(34)28-10-14-3-5-15(6-4-14)20-19-21(26)29-13-30-22(19)33(31-20)16-2-1-9-32(12-16)37-24(35)36/h3-8,11,13,16H,1-2,9-10,12H2,(H,28,34)(H,35,36)(H2,26,29,30)/t16-/m1/s1. The molecule has 1 fully saturated rings. The minimum Gasteiger partial charge on any atom is -0.448 e. The third-order valence-electron chi connectivity index (χ3n) is 6.13. The first-order valence-corrected chi connectivity index (χ1v) is 11.5. The summed E-state index contributed by atoms with van der Waals surface area (Å²) in [6.45, 7) is 1.02. The molecule has 0 unspecified atom stereocenters. The Morgan fingerprint density at radius 2 is 2.03 bits per heavy atom. The normalized spacial score (nSPS) is 16.0. The molecule has 13 heteroatoms. The number of nitrogens with zero attached hydrogens (tertiary/aromatic N) is 6. The maximum absolute atomic E-state index is 13.8. The molecule has 0 bridgehead atoms. The van der Waals surface area contributed by atoms with Gasteiger partial charge in [-0.1, -0.05) is 24.3 Å². The van der Waals surface area contributed by atoms with Gasteiger partial charge in [-0.05, 0) is 24.5 Å². The van der Waals surface area contributed by atoms with E-state index in [1.165, 1.54) is 23.7 Å². The number of hydrogen-bond acceptors (Lipinski definition) is 9. The fraction of sp³-hybridized carbons (Fsp3) is 0.250. The van der Waals surface area contributed by atoms with Gasteiger partial charge in [-0.15, -0.1) is 5.06 Å². The molecule has 0 radical (unpaired) electrons. The van der Waals surface area contributed by atoms with E-state index in [1.54, 1.807) is 4.68 Å². The van der Waals surface area contributed by atoms with Crippen molar-refractivity contribution >= 4 is 28.9 Å². The molecule has 1 atom stereocenters. The summed E-state index contributed by atoms with van der Waals surface area (Å²) in [5, 5.41) is 18.5. The van der Waals surface area contributed by atoms with Gasteiger partial charge in [0.1, 0.15) is 17.8 Å². The van der Waals surface area contributed by atoms with E-state index in [0.29, 0.717) is 29.8 Å². The molecule has 3 aromatic heterocycles. The van der Waals surface area contributed by atoms with Crippen LogP contribution in [0.2, 0.25) is 0 Å². The van der Waals surface area contributed by atoms with Crippen LogP contribution in [0.4, 0.5) is 15.0 Å². The number of hydroxylamine groups is 2. The summed E-state index contributed by atoms with van der Waals surface area (Å²) in [4.78, 5) is 40.3. The van der Waals surface area contributed by atoms with Crippen LogP contribution in [0.25, 0.3) is 22.3 Å². The molecule has 0 aliphatic carbocycles. The van der Waals surface area contributed by atoms with E-state index in [9.17, 15) is 14.0 Å². The summed E-state index contributed by atoms with van der Waals surface area (Å²) in [6.07, 6.45) is 3.84. The number of carbonyl (C=O) groups excluding carboxylic acids is 1. The van der Waals surface area contributed by atoms with Gasteiger partial charge in [0.15, 0.2) is 11.5 Å². The van der Waals surface area contributed by atoms with E-state index >= 15 is 0 Å². The highest BCUT2D eigenvalue weighted by atomic mass is 19.1. The minimum absolute atomic E-state index is 0.0749. The van der Waals surface area contributed by atoms with Crippen molar-refractivity contribution in [3.63, 3.8) is 0 Å². The number of aromatic nitrogens is 5. The number of rotatable bonds is 6. The highest BCUT2D eigenvalue weighted by Crippen LogP contribution is 2.33. The quantitative estimate of drug-likeness (QED) is 0.354. The fourth-order valence-corrected chi connectivity index (χ4v) is 4.38. The zero-order valence-corrected chi connectivity index (χ0v) is 19.5. The average molecular weight is 506 g/mol. The number of halogens is 1. The maximum atomic E-state index is 13.8. The lowest BCUT2D eigenvalue weighted by molar-refractivity contribution is -0.138. The number of fused-ring (bicyclic) bond motifs is 1. The number of benzene rings is 1. The largest absolute Gasteiger partial charge is 0.525 e. The van der Waals surface area contributed by atoms with Crippen LogP contribution >= 0.6 is 0 Å². The zero-order valence-electron chi connectivity index (χ0n) is 19.5. The van der Waals surface area contributed by atoms with Crippen LogP contribution in [0.3, 0.4) is 0 Å². The molecule has 1 saturated heterocycles. The van der Waals surface area contributed by atoms with Crippen LogP contribution < -0.4 is 11.1 Å².